The second-order valence-corrected chi connectivity index (χ2v) is 5.62. The van der Waals surface area contributed by atoms with Gasteiger partial charge < -0.3 is 10.2 Å². The third kappa shape index (κ3) is 2.98. The highest BCUT2D eigenvalue weighted by atomic mass is 16.2. The Hall–Kier alpha value is -2.96. The van der Waals surface area contributed by atoms with Gasteiger partial charge in [0.05, 0.1) is 24.3 Å². The van der Waals surface area contributed by atoms with Gasteiger partial charge in [0.25, 0.3) is 0 Å². The predicted octanol–water partition coefficient (Wildman–Crippen LogP) is 2.32. The van der Waals surface area contributed by atoms with Crippen molar-refractivity contribution in [1.29, 1.82) is 0 Å². The lowest BCUT2D eigenvalue weighted by molar-refractivity contribution is 0.206. The van der Waals surface area contributed by atoms with Crippen LogP contribution in [0.4, 0.5) is 10.5 Å². The van der Waals surface area contributed by atoms with E-state index in [0.29, 0.717) is 18.3 Å². The molecule has 0 unspecified atom stereocenters. The maximum atomic E-state index is 12.6. The zero-order chi connectivity index (χ0) is 15.6. The van der Waals surface area contributed by atoms with Crippen LogP contribution in [0.2, 0.25) is 0 Å². The molecule has 1 fully saturated rings. The second kappa shape index (κ2) is 5.68. The number of fused-ring (bicyclic) bond motifs is 1. The van der Waals surface area contributed by atoms with Crippen LogP contribution in [0.5, 0.6) is 0 Å². The third-order valence-electron chi connectivity index (χ3n) is 3.85. The van der Waals surface area contributed by atoms with Gasteiger partial charge in [-0.05, 0) is 30.5 Å². The Morgan fingerprint density at radius 2 is 2.09 bits per heavy atom. The quantitative estimate of drug-likeness (QED) is 0.802. The Morgan fingerprint density at radius 1 is 1.26 bits per heavy atom. The van der Waals surface area contributed by atoms with Crippen LogP contribution in [-0.2, 0) is 6.54 Å². The molecule has 116 valence electrons. The Kier molecular flexibility index (Phi) is 3.38. The molecular weight excluding hydrogens is 292 g/mol. The van der Waals surface area contributed by atoms with E-state index in [1.807, 2.05) is 23.1 Å². The topological polar surface area (TPSA) is 75.4 Å². The lowest BCUT2D eigenvalue weighted by atomic mass is 10.2. The maximum absolute atomic E-state index is 12.6. The monoisotopic (exact) mass is 308 g/mol. The minimum absolute atomic E-state index is 0.113. The number of carbonyl (C=O) groups excluding carboxylic acids is 1. The molecule has 0 atom stereocenters. The summed E-state index contributed by atoms with van der Waals surface area (Å²) in [5, 5.41) is 7.04. The molecule has 4 rings (SSSR count). The van der Waals surface area contributed by atoms with Gasteiger partial charge in [0.15, 0.2) is 5.65 Å². The lowest BCUT2D eigenvalue weighted by Crippen LogP contribution is -2.36. The number of rotatable bonds is 4. The first-order valence-corrected chi connectivity index (χ1v) is 7.55. The molecule has 1 N–H and O–H groups in total. The summed E-state index contributed by atoms with van der Waals surface area (Å²) in [5.74, 6) is 0. The number of nitrogens with zero attached hydrogens (tertiary/aromatic N) is 5. The highest BCUT2D eigenvalue weighted by molar-refractivity contribution is 5.89. The van der Waals surface area contributed by atoms with Gasteiger partial charge in [0.1, 0.15) is 0 Å². The highest BCUT2D eigenvalue weighted by Gasteiger charge is 2.32. The molecule has 7 heteroatoms. The molecule has 3 heterocycles. The molecule has 7 nitrogen and oxygen atoms in total. The number of aromatic nitrogens is 4. The van der Waals surface area contributed by atoms with Gasteiger partial charge >= 0.3 is 6.03 Å². The van der Waals surface area contributed by atoms with Crippen LogP contribution in [0, 0.1) is 0 Å². The number of carbonyl (C=O) groups is 1. The number of urea groups is 1. The summed E-state index contributed by atoms with van der Waals surface area (Å²) in [6.07, 6.45) is 10.7. The summed E-state index contributed by atoms with van der Waals surface area (Å²) in [4.78, 5) is 22.7. The molecule has 23 heavy (non-hydrogen) atoms. The molecule has 0 aromatic carbocycles. The summed E-state index contributed by atoms with van der Waals surface area (Å²) in [6.45, 7) is 0.580. The van der Waals surface area contributed by atoms with Crippen molar-refractivity contribution >= 4 is 17.4 Å². The number of nitrogens with one attached hydrogen (secondary N) is 1. The molecule has 1 aliphatic rings. The summed E-state index contributed by atoms with van der Waals surface area (Å²) < 4.78 is 1.64. The van der Waals surface area contributed by atoms with Crippen LogP contribution >= 0.6 is 0 Å². The van der Waals surface area contributed by atoms with Crippen molar-refractivity contribution in [3.8, 4) is 0 Å². The molecule has 0 spiro atoms. The van der Waals surface area contributed by atoms with E-state index in [9.17, 15) is 4.79 Å². The summed E-state index contributed by atoms with van der Waals surface area (Å²) in [7, 11) is 0. The van der Waals surface area contributed by atoms with Gasteiger partial charge in [-0.25, -0.2) is 14.3 Å². The van der Waals surface area contributed by atoms with Crippen LogP contribution < -0.4 is 5.32 Å². The summed E-state index contributed by atoms with van der Waals surface area (Å²) in [6, 6.07) is 5.87. The normalized spacial score (nSPS) is 13.9. The predicted molar refractivity (Wildman–Crippen MR) is 84.8 cm³/mol. The molecule has 2 amide bonds. The van der Waals surface area contributed by atoms with E-state index in [-0.39, 0.29) is 6.03 Å². The number of anilines is 1. The van der Waals surface area contributed by atoms with Crippen molar-refractivity contribution in [2.24, 2.45) is 0 Å². The van der Waals surface area contributed by atoms with Crippen molar-refractivity contribution in [3.05, 3.63) is 54.7 Å². The average Bonchev–Trinajstić information content (AvgIpc) is 3.30. The molecule has 1 saturated carbocycles. The first-order valence-electron chi connectivity index (χ1n) is 7.55. The standard InChI is InChI=1S/C16H16N6O/c23-16(20-13-9-18-15-5-8-19-22(15)11-13)21(14-1-2-14)10-12-3-6-17-7-4-12/h3-9,11,14H,1-2,10H2,(H,20,23). The number of hydrogen-bond acceptors (Lipinski definition) is 4. The molecule has 0 bridgehead atoms. The number of pyridine rings is 1. The zero-order valence-electron chi connectivity index (χ0n) is 12.5. The third-order valence-corrected chi connectivity index (χ3v) is 3.85. The van der Waals surface area contributed by atoms with E-state index < -0.39 is 0 Å². The Bertz CT molecular complexity index is 827. The van der Waals surface area contributed by atoms with Crippen LogP contribution in [0.25, 0.3) is 5.65 Å². The SMILES string of the molecule is O=C(Nc1cnc2ccnn2c1)N(Cc1ccncc1)C1CC1. The van der Waals surface area contributed by atoms with Gasteiger partial charge in [-0.2, -0.15) is 5.10 Å². The van der Waals surface area contributed by atoms with Gasteiger partial charge in [0.2, 0.25) is 0 Å². The van der Waals surface area contributed by atoms with Crippen molar-refractivity contribution in [1.82, 2.24) is 24.5 Å². The van der Waals surface area contributed by atoms with Gasteiger partial charge in [-0.1, -0.05) is 0 Å². The molecule has 0 radical (unpaired) electrons. The fraction of sp³-hybridized carbons (Fsp3) is 0.250. The molecule has 3 aromatic rings. The van der Waals surface area contributed by atoms with E-state index in [1.165, 1.54) is 0 Å². The molecule has 0 saturated heterocycles. The maximum Gasteiger partial charge on any atom is 0.322 e. The van der Waals surface area contributed by atoms with E-state index in [4.69, 9.17) is 0 Å². The first kappa shape index (κ1) is 13.7. The van der Waals surface area contributed by atoms with E-state index in [1.54, 1.807) is 35.5 Å². The van der Waals surface area contributed by atoms with Crippen LogP contribution in [0.1, 0.15) is 18.4 Å². The zero-order valence-corrected chi connectivity index (χ0v) is 12.5. The summed E-state index contributed by atoms with van der Waals surface area (Å²) in [5.41, 5.74) is 2.45. The minimum atomic E-state index is -0.113. The van der Waals surface area contributed by atoms with E-state index in [2.05, 4.69) is 20.4 Å². The Labute approximate surface area is 133 Å². The van der Waals surface area contributed by atoms with Crippen molar-refractivity contribution in [2.45, 2.75) is 25.4 Å². The molecule has 0 aliphatic heterocycles. The minimum Gasteiger partial charge on any atom is -0.317 e. The highest BCUT2D eigenvalue weighted by Crippen LogP contribution is 2.29. The Balaban J connectivity index is 1.51. The second-order valence-electron chi connectivity index (χ2n) is 5.62. The van der Waals surface area contributed by atoms with E-state index in [0.717, 1.165) is 24.1 Å². The average molecular weight is 308 g/mol. The van der Waals surface area contributed by atoms with Gasteiger partial charge in [-0.15, -0.1) is 0 Å². The van der Waals surface area contributed by atoms with Crippen LogP contribution in [0.3, 0.4) is 0 Å². The lowest BCUT2D eigenvalue weighted by Gasteiger charge is -2.22. The van der Waals surface area contributed by atoms with Gasteiger partial charge in [0, 0.05) is 31.0 Å². The number of amides is 2. The van der Waals surface area contributed by atoms with Crippen molar-refractivity contribution in [2.75, 3.05) is 5.32 Å². The summed E-state index contributed by atoms with van der Waals surface area (Å²) >= 11 is 0. The Morgan fingerprint density at radius 3 is 2.87 bits per heavy atom. The fourth-order valence-electron chi connectivity index (χ4n) is 2.51. The van der Waals surface area contributed by atoms with Crippen molar-refractivity contribution in [3.63, 3.8) is 0 Å². The van der Waals surface area contributed by atoms with Crippen molar-refractivity contribution < 1.29 is 4.79 Å². The van der Waals surface area contributed by atoms with Crippen LogP contribution in [-0.4, -0.2) is 36.6 Å². The molecule has 3 aromatic heterocycles. The van der Waals surface area contributed by atoms with Gasteiger partial charge in [-0.3, -0.25) is 4.98 Å². The van der Waals surface area contributed by atoms with Crippen LogP contribution in [0.15, 0.2) is 49.2 Å². The number of hydrogen-bond donors (Lipinski definition) is 1. The fourth-order valence-corrected chi connectivity index (χ4v) is 2.51. The molecular formula is C16H16N6O. The molecule has 1 aliphatic carbocycles. The van der Waals surface area contributed by atoms with E-state index >= 15 is 0 Å². The first-order chi connectivity index (χ1) is 11.3. The largest absolute Gasteiger partial charge is 0.322 e. The smallest absolute Gasteiger partial charge is 0.317 e.